The lowest BCUT2D eigenvalue weighted by Gasteiger charge is -2.15. The van der Waals surface area contributed by atoms with Crippen molar-refractivity contribution < 1.29 is 28.7 Å². The molecule has 1 aliphatic rings. The molecule has 1 aliphatic heterocycles. The molecule has 0 aromatic rings. The summed E-state index contributed by atoms with van der Waals surface area (Å²) < 4.78 is 4.80. The van der Waals surface area contributed by atoms with Gasteiger partial charge in [0, 0.05) is 45.2 Å². The van der Waals surface area contributed by atoms with Crippen molar-refractivity contribution in [2.75, 3.05) is 26.8 Å². The highest BCUT2D eigenvalue weighted by atomic mass is 16.5. The molecular weight excluding hydrogens is 330 g/mol. The smallest absolute Gasteiger partial charge is 0.253 e. The third-order valence-corrected chi connectivity index (χ3v) is 3.51. The third-order valence-electron chi connectivity index (χ3n) is 3.51. The van der Waals surface area contributed by atoms with Crippen LogP contribution in [0.15, 0.2) is 12.2 Å². The minimum absolute atomic E-state index is 0.0709. The van der Waals surface area contributed by atoms with E-state index in [4.69, 9.17) is 4.74 Å². The number of nitrogens with zero attached hydrogens (tertiary/aromatic N) is 1. The maximum atomic E-state index is 11.8. The van der Waals surface area contributed by atoms with E-state index in [0.717, 1.165) is 4.90 Å². The van der Waals surface area contributed by atoms with Crippen LogP contribution in [0.4, 0.5) is 0 Å². The number of imide groups is 1. The van der Waals surface area contributed by atoms with Gasteiger partial charge in [-0.2, -0.15) is 0 Å². The number of hydrogen-bond acceptors (Lipinski definition) is 6. The zero-order chi connectivity index (χ0) is 18.7. The van der Waals surface area contributed by atoms with E-state index in [-0.39, 0.29) is 37.6 Å². The van der Waals surface area contributed by atoms with Gasteiger partial charge in [0.25, 0.3) is 11.8 Å². The van der Waals surface area contributed by atoms with Gasteiger partial charge in [-0.1, -0.05) is 0 Å². The van der Waals surface area contributed by atoms with Crippen LogP contribution in [0.5, 0.6) is 0 Å². The van der Waals surface area contributed by atoms with E-state index >= 15 is 0 Å². The summed E-state index contributed by atoms with van der Waals surface area (Å²) in [5, 5.41) is 5.14. The number of ether oxygens (including phenoxy) is 1. The van der Waals surface area contributed by atoms with Gasteiger partial charge in [0.15, 0.2) is 0 Å². The average Bonchev–Trinajstić information content (AvgIpc) is 2.90. The SMILES string of the molecule is COCCNC(=O)CC[C@@H](C=O)NC(=O)CCCN1C(=O)C=CC1=O. The van der Waals surface area contributed by atoms with Crippen molar-refractivity contribution in [3.63, 3.8) is 0 Å². The minimum Gasteiger partial charge on any atom is -0.383 e. The Hall–Kier alpha value is -2.55. The molecule has 0 fully saturated rings. The van der Waals surface area contributed by atoms with Gasteiger partial charge in [0.05, 0.1) is 12.6 Å². The fraction of sp³-hybridized carbons (Fsp3) is 0.562. The number of methoxy groups -OCH3 is 1. The highest BCUT2D eigenvalue weighted by Gasteiger charge is 2.23. The number of rotatable bonds is 12. The molecule has 2 N–H and O–H groups in total. The van der Waals surface area contributed by atoms with Gasteiger partial charge in [-0.3, -0.25) is 24.1 Å². The van der Waals surface area contributed by atoms with Gasteiger partial charge in [-0.25, -0.2) is 0 Å². The molecule has 0 aromatic heterocycles. The molecule has 0 aliphatic carbocycles. The van der Waals surface area contributed by atoms with Crippen LogP contribution < -0.4 is 10.6 Å². The molecular formula is C16H23N3O6. The summed E-state index contributed by atoms with van der Waals surface area (Å²) >= 11 is 0. The summed E-state index contributed by atoms with van der Waals surface area (Å²) in [5.41, 5.74) is 0. The van der Waals surface area contributed by atoms with Crippen molar-refractivity contribution in [1.82, 2.24) is 15.5 Å². The van der Waals surface area contributed by atoms with Crippen LogP contribution >= 0.6 is 0 Å². The molecule has 1 atom stereocenters. The van der Waals surface area contributed by atoms with E-state index in [1.54, 1.807) is 0 Å². The summed E-state index contributed by atoms with van der Waals surface area (Å²) in [5.74, 6) is -1.38. The Balaban J connectivity index is 2.22. The molecule has 1 rings (SSSR count). The summed E-state index contributed by atoms with van der Waals surface area (Å²) in [6.45, 7) is 0.930. The average molecular weight is 353 g/mol. The Morgan fingerprint density at radius 3 is 2.48 bits per heavy atom. The van der Waals surface area contributed by atoms with Crippen LogP contribution in [0.1, 0.15) is 25.7 Å². The van der Waals surface area contributed by atoms with Crippen molar-refractivity contribution in [1.29, 1.82) is 0 Å². The van der Waals surface area contributed by atoms with Crippen molar-refractivity contribution in [2.24, 2.45) is 0 Å². The largest absolute Gasteiger partial charge is 0.383 e. The quantitative estimate of drug-likeness (QED) is 0.261. The molecule has 0 aromatic carbocycles. The predicted octanol–water partition coefficient (Wildman–Crippen LogP) is -1.08. The highest BCUT2D eigenvalue weighted by Crippen LogP contribution is 2.05. The first kappa shape index (κ1) is 20.5. The molecule has 9 heteroatoms. The first-order chi connectivity index (χ1) is 12.0. The van der Waals surface area contributed by atoms with Gasteiger partial charge in [0.2, 0.25) is 11.8 Å². The van der Waals surface area contributed by atoms with Crippen LogP contribution in [0.25, 0.3) is 0 Å². The molecule has 1 heterocycles. The second-order valence-corrected chi connectivity index (χ2v) is 5.46. The lowest BCUT2D eigenvalue weighted by atomic mass is 10.1. The number of aldehydes is 1. The number of carbonyl (C=O) groups is 5. The first-order valence-corrected chi connectivity index (χ1v) is 8.01. The number of carbonyl (C=O) groups excluding carboxylic acids is 5. The Morgan fingerprint density at radius 2 is 1.88 bits per heavy atom. The second kappa shape index (κ2) is 11.1. The molecule has 9 nitrogen and oxygen atoms in total. The normalized spacial score (nSPS) is 14.5. The lowest BCUT2D eigenvalue weighted by Crippen LogP contribution is -2.38. The number of hydrogen-bond donors (Lipinski definition) is 2. The third kappa shape index (κ3) is 7.71. The molecule has 0 radical (unpaired) electrons. The van der Waals surface area contributed by atoms with Crippen molar-refractivity contribution in [3.05, 3.63) is 12.2 Å². The second-order valence-electron chi connectivity index (χ2n) is 5.46. The van der Waals surface area contributed by atoms with Crippen LogP contribution in [0, 0.1) is 0 Å². The number of amides is 4. The standard InChI is InChI=1S/C16H23N3O6/c1-25-10-8-17-13(21)5-4-12(11-20)18-14(22)3-2-9-19-15(23)6-7-16(19)24/h6-7,11-12H,2-5,8-10H2,1H3,(H,17,21)(H,18,22)/t12-/m0/s1. The van der Waals surface area contributed by atoms with E-state index < -0.39 is 17.9 Å². The van der Waals surface area contributed by atoms with E-state index in [1.165, 1.54) is 19.3 Å². The molecule has 138 valence electrons. The molecule has 0 bridgehead atoms. The molecule has 0 saturated carbocycles. The maximum absolute atomic E-state index is 11.8. The fourth-order valence-corrected chi connectivity index (χ4v) is 2.17. The molecule has 25 heavy (non-hydrogen) atoms. The maximum Gasteiger partial charge on any atom is 0.253 e. The van der Waals surface area contributed by atoms with E-state index in [2.05, 4.69) is 10.6 Å². The van der Waals surface area contributed by atoms with Crippen molar-refractivity contribution in [2.45, 2.75) is 31.7 Å². The van der Waals surface area contributed by atoms with E-state index in [0.29, 0.717) is 25.9 Å². The molecule has 0 spiro atoms. The Morgan fingerprint density at radius 1 is 1.20 bits per heavy atom. The zero-order valence-corrected chi connectivity index (χ0v) is 14.2. The van der Waals surface area contributed by atoms with Crippen molar-refractivity contribution in [3.8, 4) is 0 Å². The Bertz CT molecular complexity index is 528. The number of nitrogens with one attached hydrogen (secondary N) is 2. The van der Waals surface area contributed by atoms with Gasteiger partial charge in [-0.15, -0.1) is 0 Å². The van der Waals surface area contributed by atoms with Gasteiger partial charge < -0.3 is 20.2 Å². The lowest BCUT2D eigenvalue weighted by molar-refractivity contribution is -0.137. The zero-order valence-electron chi connectivity index (χ0n) is 14.2. The van der Waals surface area contributed by atoms with Gasteiger partial charge in [-0.05, 0) is 12.8 Å². The fourth-order valence-electron chi connectivity index (χ4n) is 2.17. The summed E-state index contributed by atoms with van der Waals surface area (Å²) in [6, 6.07) is -0.752. The summed E-state index contributed by atoms with van der Waals surface area (Å²) in [4.78, 5) is 58.1. The predicted molar refractivity (Wildman–Crippen MR) is 87.2 cm³/mol. The van der Waals surface area contributed by atoms with Crippen LogP contribution in [0.3, 0.4) is 0 Å². The van der Waals surface area contributed by atoms with Crippen LogP contribution in [-0.4, -0.2) is 67.7 Å². The highest BCUT2D eigenvalue weighted by molar-refractivity contribution is 6.12. The van der Waals surface area contributed by atoms with Crippen LogP contribution in [0.2, 0.25) is 0 Å². The van der Waals surface area contributed by atoms with E-state index in [1.807, 2.05) is 0 Å². The monoisotopic (exact) mass is 353 g/mol. The topological polar surface area (TPSA) is 122 Å². The van der Waals surface area contributed by atoms with Crippen molar-refractivity contribution >= 4 is 29.9 Å². The Labute approximate surface area is 145 Å². The van der Waals surface area contributed by atoms with E-state index in [9.17, 15) is 24.0 Å². The van der Waals surface area contributed by atoms with Crippen LogP contribution in [-0.2, 0) is 28.7 Å². The minimum atomic E-state index is -0.752. The summed E-state index contributed by atoms with van der Waals surface area (Å²) in [7, 11) is 1.52. The Kier molecular flexibility index (Phi) is 9.09. The van der Waals surface area contributed by atoms with Gasteiger partial charge >= 0.3 is 0 Å². The first-order valence-electron chi connectivity index (χ1n) is 8.01. The van der Waals surface area contributed by atoms with Gasteiger partial charge in [0.1, 0.15) is 6.29 Å². The summed E-state index contributed by atoms with van der Waals surface area (Å²) in [6.07, 6.45) is 3.62. The molecule has 0 saturated heterocycles. The molecule has 0 unspecified atom stereocenters. The molecule has 4 amide bonds.